The van der Waals surface area contributed by atoms with E-state index in [2.05, 4.69) is 0 Å². The average molecular weight is 467 g/mol. The van der Waals surface area contributed by atoms with Gasteiger partial charge >= 0.3 is 5.91 Å². The van der Waals surface area contributed by atoms with Crippen LogP contribution < -0.4 is 9.62 Å². The third-order valence-electron chi connectivity index (χ3n) is 5.10. The maximum absolute atomic E-state index is 14.5. The van der Waals surface area contributed by atoms with Crippen LogP contribution in [0, 0.1) is 5.82 Å². The van der Waals surface area contributed by atoms with E-state index in [4.69, 9.17) is 4.42 Å². The predicted octanol–water partition coefficient (Wildman–Crippen LogP) is 2.69. The number of carbonyl (C=O) groups excluding carboxylic acids is 1. The molecule has 8 nitrogen and oxygen atoms in total. The van der Waals surface area contributed by atoms with Crippen LogP contribution >= 0.6 is 0 Å². The Hall–Kier alpha value is -2.92. The molecular formula is C20H19FN2O6S2. The summed E-state index contributed by atoms with van der Waals surface area (Å²) in [4.78, 5) is 13.6. The number of anilines is 1. The summed E-state index contributed by atoms with van der Waals surface area (Å²) in [5.41, 5.74) is 0.724. The second-order valence-corrected chi connectivity index (χ2v) is 11.0. The van der Waals surface area contributed by atoms with Crippen molar-refractivity contribution in [2.45, 2.75) is 23.1 Å². The summed E-state index contributed by atoms with van der Waals surface area (Å²) in [6.07, 6.45) is 0.999. The van der Waals surface area contributed by atoms with Crippen LogP contribution in [0.2, 0.25) is 0 Å². The molecule has 1 fully saturated rings. The average Bonchev–Trinajstić information content (AvgIpc) is 3.11. The van der Waals surface area contributed by atoms with Crippen molar-refractivity contribution < 1.29 is 30.4 Å². The number of fused-ring (bicyclic) bond motifs is 1. The molecule has 0 atom stereocenters. The molecular weight excluding hydrogens is 447 g/mol. The Morgan fingerprint density at radius 3 is 2.39 bits per heavy atom. The second-order valence-electron chi connectivity index (χ2n) is 7.08. The van der Waals surface area contributed by atoms with E-state index in [1.807, 2.05) is 9.62 Å². The predicted molar refractivity (Wildman–Crippen MR) is 112 cm³/mol. The molecule has 164 valence electrons. The van der Waals surface area contributed by atoms with E-state index < -0.39 is 47.1 Å². The number of furan rings is 1. The SMILES string of the molecule is CCS(=O)(=O)c1ccccc1S(=O)(=O)NC(=O)c1cc2c(F)cc(N3CCC3)cc2o1. The molecule has 0 bridgehead atoms. The molecule has 11 heteroatoms. The van der Waals surface area contributed by atoms with Crippen molar-refractivity contribution in [2.75, 3.05) is 23.7 Å². The highest BCUT2D eigenvalue weighted by molar-refractivity contribution is 7.93. The largest absolute Gasteiger partial charge is 0.451 e. The maximum Gasteiger partial charge on any atom is 0.300 e. The number of amides is 1. The first kappa shape index (κ1) is 21.3. The molecule has 1 aliphatic rings. The summed E-state index contributed by atoms with van der Waals surface area (Å²) in [7, 11) is -8.39. The Kier molecular flexibility index (Phi) is 5.26. The molecule has 2 aromatic carbocycles. The standard InChI is InChI=1S/C20H19FN2O6S2/c1-2-30(25,26)18-6-3-4-7-19(18)31(27,28)22-20(24)17-12-14-15(21)10-13(11-16(14)29-17)23-8-5-9-23/h3-4,6-7,10-12H,2,5,8-9H2,1H3,(H,22,24). The number of nitrogens with zero attached hydrogens (tertiary/aromatic N) is 1. The molecule has 4 rings (SSSR count). The van der Waals surface area contributed by atoms with Gasteiger partial charge in [-0.2, -0.15) is 0 Å². The van der Waals surface area contributed by atoms with E-state index in [0.717, 1.165) is 37.7 Å². The van der Waals surface area contributed by atoms with Crippen molar-refractivity contribution in [2.24, 2.45) is 0 Å². The summed E-state index contributed by atoms with van der Waals surface area (Å²) in [6, 6.07) is 9.03. The van der Waals surface area contributed by atoms with Gasteiger partial charge in [-0.15, -0.1) is 0 Å². The van der Waals surface area contributed by atoms with Crippen molar-refractivity contribution >= 4 is 42.4 Å². The fraction of sp³-hybridized carbons (Fsp3) is 0.250. The van der Waals surface area contributed by atoms with E-state index in [1.165, 1.54) is 25.1 Å². The fourth-order valence-electron chi connectivity index (χ4n) is 3.26. The van der Waals surface area contributed by atoms with Gasteiger partial charge < -0.3 is 9.32 Å². The molecule has 1 amide bonds. The molecule has 3 aromatic rings. The fourth-order valence-corrected chi connectivity index (χ4v) is 5.99. The molecule has 0 unspecified atom stereocenters. The number of halogens is 1. The summed E-state index contributed by atoms with van der Waals surface area (Å²) >= 11 is 0. The Morgan fingerprint density at radius 1 is 1.10 bits per heavy atom. The Morgan fingerprint density at radius 2 is 1.77 bits per heavy atom. The lowest BCUT2D eigenvalue weighted by molar-refractivity contribution is 0.0956. The van der Waals surface area contributed by atoms with Crippen LogP contribution in [0.4, 0.5) is 10.1 Å². The lowest BCUT2D eigenvalue weighted by atomic mass is 10.1. The number of hydrogen-bond acceptors (Lipinski definition) is 7. The van der Waals surface area contributed by atoms with E-state index in [1.54, 1.807) is 6.07 Å². The van der Waals surface area contributed by atoms with Crippen LogP contribution in [0.15, 0.2) is 56.7 Å². The van der Waals surface area contributed by atoms with Gasteiger partial charge in [0.15, 0.2) is 15.6 Å². The molecule has 1 aromatic heterocycles. The highest BCUT2D eigenvalue weighted by Crippen LogP contribution is 2.30. The lowest BCUT2D eigenvalue weighted by Crippen LogP contribution is -2.36. The first-order valence-corrected chi connectivity index (χ1v) is 12.6. The first-order valence-electron chi connectivity index (χ1n) is 9.49. The minimum absolute atomic E-state index is 0.0424. The van der Waals surface area contributed by atoms with Crippen molar-refractivity contribution in [3.05, 3.63) is 54.0 Å². The number of carbonyl (C=O) groups is 1. The van der Waals surface area contributed by atoms with E-state index >= 15 is 0 Å². The minimum Gasteiger partial charge on any atom is -0.451 e. The van der Waals surface area contributed by atoms with Crippen LogP contribution in [0.5, 0.6) is 0 Å². The summed E-state index contributed by atoms with van der Waals surface area (Å²) < 4.78 is 71.7. The van der Waals surface area contributed by atoms with Gasteiger partial charge in [0.1, 0.15) is 16.3 Å². The minimum atomic E-state index is -4.54. The van der Waals surface area contributed by atoms with Crippen LogP contribution in [0.1, 0.15) is 23.9 Å². The molecule has 0 radical (unpaired) electrons. The molecule has 0 saturated carbocycles. The molecule has 2 heterocycles. The molecule has 0 spiro atoms. The van der Waals surface area contributed by atoms with Gasteiger partial charge in [-0.1, -0.05) is 19.1 Å². The Bertz CT molecular complexity index is 1390. The number of benzene rings is 2. The van der Waals surface area contributed by atoms with Crippen LogP contribution in [0.3, 0.4) is 0 Å². The molecule has 0 aliphatic carbocycles. The molecule has 1 aliphatic heterocycles. The van der Waals surface area contributed by atoms with E-state index in [0.29, 0.717) is 5.69 Å². The lowest BCUT2D eigenvalue weighted by Gasteiger charge is -2.33. The maximum atomic E-state index is 14.5. The number of sulfone groups is 1. The summed E-state index contributed by atoms with van der Waals surface area (Å²) in [6.45, 7) is 2.96. The number of nitrogens with one attached hydrogen (secondary N) is 1. The van der Waals surface area contributed by atoms with Gasteiger partial charge in [0.2, 0.25) is 0 Å². The van der Waals surface area contributed by atoms with E-state index in [-0.39, 0.29) is 16.7 Å². The monoisotopic (exact) mass is 466 g/mol. The van der Waals surface area contributed by atoms with Gasteiger partial charge in [-0.25, -0.2) is 25.9 Å². The molecule has 1 saturated heterocycles. The quantitative estimate of drug-likeness (QED) is 0.594. The number of rotatable bonds is 6. The first-order chi connectivity index (χ1) is 14.6. The number of sulfonamides is 1. The van der Waals surface area contributed by atoms with Gasteiger partial charge in [0, 0.05) is 30.9 Å². The van der Waals surface area contributed by atoms with Crippen molar-refractivity contribution in [3.63, 3.8) is 0 Å². The van der Waals surface area contributed by atoms with Gasteiger partial charge in [-0.05, 0) is 24.6 Å². The van der Waals surface area contributed by atoms with E-state index in [9.17, 15) is 26.0 Å². The Balaban J connectivity index is 1.67. The summed E-state index contributed by atoms with van der Waals surface area (Å²) in [5, 5.41) is 0.0424. The van der Waals surface area contributed by atoms with Crippen LogP contribution in [-0.4, -0.2) is 41.6 Å². The van der Waals surface area contributed by atoms with Crippen LogP contribution in [-0.2, 0) is 19.9 Å². The Labute approximate surface area is 178 Å². The smallest absolute Gasteiger partial charge is 0.300 e. The van der Waals surface area contributed by atoms with Crippen LogP contribution in [0.25, 0.3) is 11.0 Å². The summed E-state index contributed by atoms with van der Waals surface area (Å²) in [5.74, 6) is -2.45. The molecule has 31 heavy (non-hydrogen) atoms. The van der Waals surface area contributed by atoms with Gasteiger partial charge in [0.05, 0.1) is 16.0 Å². The third kappa shape index (κ3) is 3.90. The topological polar surface area (TPSA) is 114 Å². The normalized spacial score (nSPS) is 14.5. The van der Waals surface area contributed by atoms with Gasteiger partial charge in [0.25, 0.3) is 10.0 Å². The zero-order valence-electron chi connectivity index (χ0n) is 16.5. The second kappa shape index (κ2) is 7.65. The molecule has 1 N–H and O–H groups in total. The van der Waals surface area contributed by atoms with Crippen molar-refractivity contribution in [1.82, 2.24) is 4.72 Å². The zero-order chi connectivity index (χ0) is 22.4. The van der Waals surface area contributed by atoms with Crippen molar-refractivity contribution in [3.8, 4) is 0 Å². The van der Waals surface area contributed by atoms with Crippen molar-refractivity contribution in [1.29, 1.82) is 0 Å². The zero-order valence-corrected chi connectivity index (χ0v) is 18.1. The number of hydrogen-bond donors (Lipinski definition) is 1. The highest BCUT2D eigenvalue weighted by Gasteiger charge is 2.28. The highest BCUT2D eigenvalue weighted by atomic mass is 32.2. The van der Waals surface area contributed by atoms with Gasteiger partial charge in [-0.3, -0.25) is 4.79 Å². The third-order valence-corrected chi connectivity index (χ3v) is 8.40.